The molecule has 0 aliphatic carbocycles. The van der Waals surface area contributed by atoms with E-state index in [4.69, 9.17) is 0 Å². The number of quaternary nitrogens is 1. The third kappa shape index (κ3) is 4.75. The fourth-order valence-electron chi connectivity index (χ4n) is 5.55. The maximum Gasteiger partial charge on any atom is 0.428 e. The molecule has 2 aromatic rings. The second-order valence-corrected chi connectivity index (χ2v) is 10.3. The van der Waals surface area contributed by atoms with Crippen molar-refractivity contribution < 1.29 is 24.0 Å². The van der Waals surface area contributed by atoms with Gasteiger partial charge in [0.1, 0.15) is 18.7 Å². The van der Waals surface area contributed by atoms with Crippen molar-refractivity contribution in [3.63, 3.8) is 0 Å². The maximum atomic E-state index is 13.5. The molecular formula is C28H37N4O4+. The lowest BCUT2D eigenvalue weighted by Crippen LogP contribution is -2.65. The number of para-hydroxylation sites is 1. The number of fused-ring (bicyclic) bond motifs is 1. The lowest BCUT2D eigenvalue weighted by atomic mass is 10.0. The van der Waals surface area contributed by atoms with Crippen LogP contribution < -0.4 is 10.2 Å². The van der Waals surface area contributed by atoms with E-state index < -0.39 is 16.6 Å². The lowest BCUT2D eigenvalue weighted by molar-refractivity contribution is -0.784. The second-order valence-electron chi connectivity index (χ2n) is 10.3. The summed E-state index contributed by atoms with van der Waals surface area (Å²) in [5.41, 5.74) is 4.56. The lowest BCUT2D eigenvalue weighted by Gasteiger charge is -2.34. The summed E-state index contributed by atoms with van der Waals surface area (Å²) >= 11 is 0. The number of aliphatic hydroxyl groups is 1. The van der Waals surface area contributed by atoms with Crippen molar-refractivity contribution in [2.45, 2.75) is 58.2 Å². The molecule has 0 aromatic heterocycles. The van der Waals surface area contributed by atoms with E-state index in [1.165, 1.54) is 10.5 Å². The first-order chi connectivity index (χ1) is 17.1. The summed E-state index contributed by atoms with van der Waals surface area (Å²) < 4.78 is -0.446. The van der Waals surface area contributed by atoms with Gasteiger partial charge in [-0.05, 0) is 68.0 Å². The van der Waals surface area contributed by atoms with E-state index in [1.807, 2.05) is 55.1 Å². The molecule has 5 amide bonds. The largest absolute Gasteiger partial charge is 0.428 e. The Bertz CT molecular complexity index is 1160. The fraction of sp³-hybridized carbons (Fsp3) is 0.464. The molecule has 0 radical (unpaired) electrons. The third-order valence-corrected chi connectivity index (χ3v) is 7.58. The van der Waals surface area contributed by atoms with Crippen LogP contribution in [0.5, 0.6) is 0 Å². The molecule has 2 aliphatic rings. The summed E-state index contributed by atoms with van der Waals surface area (Å²) in [5.74, 6) is -0.0241. The van der Waals surface area contributed by atoms with Crippen LogP contribution in [0.4, 0.5) is 15.3 Å². The highest BCUT2D eigenvalue weighted by Crippen LogP contribution is 2.30. The number of nitrogens with one attached hydrogen (secondary N) is 1. The van der Waals surface area contributed by atoms with Gasteiger partial charge in [0.05, 0.1) is 0 Å². The standard InChI is InChI=1S/C28H36N4O4/c1-19-15-22(26(34)31-14-8-7-10-21-9-5-6-11-25(21)31)12-13-23(19)17-29-27(35)32(28(36)30(3)4)18-24(33)16-20(32)2/h5-6,9,11-13,15,20,24,33H,7-8,10,14,16-18H2,1-4H3/p+1/t20?,24-,32?/m1/s1. The van der Waals surface area contributed by atoms with Gasteiger partial charge in [-0.1, -0.05) is 24.3 Å². The number of anilines is 1. The average molecular weight is 494 g/mol. The highest BCUT2D eigenvalue weighted by molar-refractivity contribution is 6.06. The van der Waals surface area contributed by atoms with Gasteiger partial charge < -0.3 is 15.3 Å². The number of imide groups is 1. The molecule has 0 spiro atoms. The Kier molecular flexibility index (Phi) is 7.47. The number of likely N-dealkylation sites (tertiary alicyclic amines) is 1. The summed E-state index contributed by atoms with van der Waals surface area (Å²) in [4.78, 5) is 43.1. The van der Waals surface area contributed by atoms with Crippen molar-refractivity contribution in [2.75, 3.05) is 32.1 Å². The smallest absolute Gasteiger partial charge is 0.387 e. The minimum absolute atomic E-state index is 0.0241. The Labute approximate surface area is 213 Å². The van der Waals surface area contributed by atoms with Crippen LogP contribution in [-0.2, 0) is 13.0 Å². The molecule has 3 atom stereocenters. The fourth-order valence-corrected chi connectivity index (χ4v) is 5.55. The predicted octanol–water partition coefficient (Wildman–Crippen LogP) is 3.84. The number of aliphatic hydroxyl groups excluding tert-OH is 1. The first kappa shape index (κ1) is 25.9. The highest BCUT2D eigenvalue weighted by atomic mass is 16.3. The Morgan fingerprint density at radius 1 is 1.14 bits per heavy atom. The van der Waals surface area contributed by atoms with Crippen LogP contribution in [0, 0.1) is 6.92 Å². The molecule has 8 heteroatoms. The summed E-state index contributed by atoms with van der Waals surface area (Å²) in [6, 6.07) is 12.6. The molecular weight excluding hydrogens is 456 g/mol. The maximum absolute atomic E-state index is 13.5. The van der Waals surface area contributed by atoms with Gasteiger partial charge in [0.15, 0.2) is 0 Å². The van der Waals surface area contributed by atoms with Gasteiger partial charge in [-0.15, -0.1) is 0 Å². The Balaban J connectivity index is 1.50. The number of rotatable bonds is 3. The molecule has 0 bridgehead atoms. The number of aryl methyl sites for hydroxylation is 2. The molecule has 1 saturated heterocycles. The monoisotopic (exact) mass is 493 g/mol. The molecule has 2 aromatic carbocycles. The summed E-state index contributed by atoms with van der Waals surface area (Å²) in [6.07, 6.45) is 2.68. The van der Waals surface area contributed by atoms with Crippen LogP contribution in [0.15, 0.2) is 42.5 Å². The van der Waals surface area contributed by atoms with E-state index >= 15 is 0 Å². The van der Waals surface area contributed by atoms with Crippen LogP contribution in [0.2, 0.25) is 0 Å². The van der Waals surface area contributed by atoms with E-state index in [9.17, 15) is 19.5 Å². The zero-order valence-corrected chi connectivity index (χ0v) is 21.7. The quantitative estimate of drug-likeness (QED) is 0.636. The number of hydrogen-bond donors (Lipinski definition) is 2. The molecule has 2 unspecified atom stereocenters. The molecule has 1 fully saturated rings. The van der Waals surface area contributed by atoms with Crippen molar-refractivity contribution in [2.24, 2.45) is 0 Å². The average Bonchev–Trinajstić information content (AvgIpc) is 3.02. The van der Waals surface area contributed by atoms with Crippen molar-refractivity contribution in [1.29, 1.82) is 0 Å². The molecule has 4 rings (SSSR count). The number of amides is 5. The Morgan fingerprint density at radius 2 is 1.89 bits per heavy atom. The van der Waals surface area contributed by atoms with E-state index in [-0.39, 0.29) is 31.1 Å². The van der Waals surface area contributed by atoms with Crippen LogP contribution in [-0.4, -0.2) is 71.8 Å². The number of urea groups is 2. The number of nitrogens with zero attached hydrogens (tertiary/aromatic N) is 3. The molecule has 8 nitrogen and oxygen atoms in total. The topological polar surface area (TPSA) is 90.0 Å². The molecule has 192 valence electrons. The van der Waals surface area contributed by atoms with Crippen molar-refractivity contribution in [3.05, 3.63) is 64.7 Å². The van der Waals surface area contributed by atoms with Gasteiger partial charge in [-0.2, -0.15) is 4.48 Å². The number of hydrogen-bond acceptors (Lipinski definition) is 4. The highest BCUT2D eigenvalue weighted by Gasteiger charge is 2.56. The zero-order valence-electron chi connectivity index (χ0n) is 21.7. The van der Waals surface area contributed by atoms with E-state index in [0.29, 0.717) is 18.5 Å². The predicted molar refractivity (Wildman–Crippen MR) is 139 cm³/mol. The molecule has 2 N–H and O–H groups in total. The molecule has 0 saturated carbocycles. The Hall–Kier alpha value is -3.23. The Morgan fingerprint density at radius 3 is 2.56 bits per heavy atom. The number of carbonyl (C=O) groups excluding carboxylic acids is 3. The molecule has 2 heterocycles. The summed E-state index contributed by atoms with van der Waals surface area (Å²) in [5, 5.41) is 13.1. The van der Waals surface area contributed by atoms with Crippen LogP contribution in [0.25, 0.3) is 0 Å². The third-order valence-electron chi connectivity index (χ3n) is 7.58. The molecule has 2 aliphatic heterocycles. The van der Waals surface area contributed by atoms with Gasteiger partial charge in [-0.25, -0.2) is 9.59 Å². The molecule has 36 heavy (non-hydrogen) atoms. The van der Waals surface area contributed by atoms with Gasteiger partial charge in [0.2, 0.25) is 0 Å². The summed E-state index contributed by atoms with van der Waals surface area (Å²) in [6.45, 7) is 4.73. The van der Waals surface area contributed by atoms with Gasteiger partial charge in [0, 0.05) is 44.9 Å². The van der Waals surface area contributed by atoms with Crippen LogP contribution in [0.1, 0.15) is 53.2 Å². The van der Waals surface area contributed by atoms with Gasteiger partial charge in [-0.3, -0.25) is 9.69 Å². The van der Waals surface area contributed by atoms with Gasteiger partial charge >= 0.3 is 12.1 Å². The van der Waals surface area contributed by atoms with Crippen LogP contribution >= 0.6 is 0 Å². The van der Waals surface area contributed by atoms with Crippen LogP contribution in [0.3, 0.4) is 0 Å². The first-order valence-electron chi connectivity index (χ1n) is 12.7. The van der Waals surface area contributed by atoms with Crippen molar-refractivity contribution in [1.82, 2.24) is 10.2 Å². The first-order valence-corrected chi connectivity index (χ1v) is 12.7. The van der Waals surface area contributed by atoms with Gasteiger partial charge in [0.25, 0.3) is 5.91 Å². The van der Waals surface area contributed by atoms with E-state index in [0.717, 1.165) is 36.1 Å². The van der Waals surface area contributed by atoms with E-state index in [2.05, 4.69) is 11.4 Å². The number of carbonyl (C=O) groups is 3. The summed E-state index contributed by atoms with van der Waals surface area (Å²) in [7, 11) is 3.24. The SMILES string of the molecule is Cc1cc(C(=O)N2CCCCc3ccccc32)ccc1CNC(=O)[N+]1(C(=O)N(C)C)C[C@H](O)CC1C. The minimum atomic E-state index is -0.703. The van der Waals surface area contributed by atoms with Crippen molar-refractivity contribution in [3.8, 4) is 0 Å². The zero-order chi connectivity index (χ0) is 26.0. The minimum Gasteiger partial charge on any atom is -0.387 e. The van der Waals surface area contributed by atoms with E-state index in [1.54, 1.807) is 14.1 Å². The normalized spacial score (nSPS) is 23.5. The number of benzene rings is 2. The van der Waals surface area contributed by atoms with Crippen molar-refractivity contribution >= 4 is 23.7 Å². The second kappa shape index (κ2) is 10.4.